The first-order chi connectivity index (χ1) is 8.39. The molecule has 1 N–H and O–H groups in total. The minimum absolute atomic E-state index is 0.0299. The lowest BCUT2D eigenvalue weighted by atomic mass is 9.87. The number of aromatic nitrogens is 2. The van der Waals surface area contributed by atoms with Crippen LogP contribution in [0, 0.1) is 13.8 Å². The molecule has 0 atom stereocenters. The van der Waals surface area contributed by atoms with Crippen LogP contribution in [0.5, 0.6) is 0 Å². The Hall–Kier alpha value is -0.960. The molecule has 0 unspecified atom stereocenters. The number of piperidine rings is 1. The molecule has 1 aromatic heterocycles. The van der Waals surface area contributed by atoms with Crippen LogP contribution in [0.3, 0.4) is 0 Å². The van der Waals surface area contributed by atoms with Gasteiger partial charge in [0.1, 0.15) is 5.82 Å². The van der Waals surface area contributed by atoms with Gasteiger partial charge in [-0.15, -0.1) is 0 Å². The summed E-state index contributed by atoms with van der Waals surface area (Å²) in [6.07, 6.45) is 2.42. The lowest BCUT2D eigenvalue weighted by Gasteiger charge is -2.27. The molecule has 18 heavy (non-hydrogen) atoms. The number of hydrogen-bond acceptors (Lipinski definition) is 3. The van der Waals surface area contributed by atoms with E-state index in [0.29, 0.717) is 5.92 Å². The summed E-state index contributed by atoms with van der Waals surface area (Å²) in [6, 6.07) is 0. The van der Waals surface area contributed by atoms with Crippen LogP contribution >= 0.6 is 0 Å². The van der Waals surface area contributed by atoms with Crippen LogP contribution in [-0.2, 0) is 5.41 Å². The number of aryl methyl sites for hydroxylation is 2. The maximum Gasteiger partial charge on any atom is 0.134 e. The summed E-state index contributed by atoms with van der Waals surface area (Å²) in [6.45, 7) is 13.0. The molecule has 3 heteroatoms. The van der Waals surface area contributed by atoms with E-state index in [1.807, 2.05) is 0 Å². The van der Waals surface area contributed by atoms with Crippen molar-refractivity contribution in [2.75, 3.05) is 13.1 Å². The maximum atomic E-state index is 4.75. The fourth-order valence-electron chi connectivity index (χ4n) is 2.76. The topological polar surface area (TPSA) is 37.8 Å². The van der Waals surface area contributed by atoms with Crippen LogP contribution in [-0.4, -0.2) is 23.1 Å². The van der Waals surface area contributed by atoms with E-state index in [1.165, 1.54) is 29.8 Å². The van der Waals surface area contributed by atoms with Crippen LogP contribution in [0.25, 0.3) is 0 Å². The van der Waals surface area contributed by atoms with Crippen molar-refractivity contribution in [2.45, 2.75) is 58.8 Å². The third kappa shape index (κ3) is 2.72. The molecule has 100 valence electrons. The molecular weight excluding hydrogens is 222 g/mol. The van der Waals surface area contributed by atoms with Crippen LogP contribution in [0.4, 0.5) is 0 Å². The van der Waals surface area contributed by atoms with Crippen LogP contribution in [0.15, 0.2) is 0 Å². The van der Waals surface area contributed by atoms with Gasteiger partial charge in [0.25, 0.3) is 0 Å². The highest BCUT2D eigenvalue weighted by Gasteiger charge is 2.24. The molecule has 0 saturated carbocycles. The van der Waals surface area contributed by atoms with Crippen molar-refractivity contribution in [3.05, 3.63) is 22.8 Å². The zero-order valence-electron chi connectivity index (χ0n) is 12.3. The smallest absolute Gasteiger partial charge is 0.134 e. The molecule has 0 radical (unpaired) electrons. The quantitative estimate of drug-likeness (QED) is 0.829. The van der Waals surface area contributed by atoms with E-state index in [4.69, 9.17) is 9.97 Å². The first-order valence-electron chi connectivity index (χ1n) is 6.96. The van der Waals surface area contributed by atoms with Gasteiger partial charge in [-0.25, -0.2) is 9.97 Å². The fourth-order valence-corrected chi connectivity index (χ4v) is 2.76. The number of nitrogens with one attached hydrogen (secondary N) is 1. The molecule has 0 bridgehead atoms. The van der Waals surface area contributed by atoms with Gasteiger partial charge < -0.3 is 5.32 Å². The average molecular weight is 247 g/mol. The molecule has 0 amide bonds. The summed E-state index contributed by atoms with van der Waals surface area (Å²) in [4.78, 5) is 9.50. The summed E-state index contributed by atoms with van der Waals surface area (Å²) < 4.78 is 0. The molecule has 0 spiro atoms. The van der Waals surface area contributed by atoms with E-state index in [-0.39, 0.29) is 5.41 Å². The largest absolute Gasteiger partial charge is 0.317 e. The van der Waals surface area contributed by atoms with Gasteiger partial charge in [0, 0.05) is 16.8 Å². The monoisotopic (exact) mass is 247 g/mol. The molecule has 1 aliphatic rings. The van der Waals surface area contributed by atoms with Gasteiger partial charge in [-0.1, -0.05) is 20.8 Å². The Morgan fingerprint density at radius 2 is 1.50 bits per heavy atom. The maximum absolute atomic E-state index is 4.75. The minimum Gasteiger partial charge on any atom is -0.317 e. The molecule has 0 aliphatic carbocycles. The Morgan fingerprint density at radius 3 is 1.94 bits per heavy atom. The number of hydrogen-bond donors (Lipinski definition) is 1. The average Bonchev–Trinajstić information content (AvgIpc) is 2.28. The number of nitrogens with zero attached hydrogens (tertiary/aromatic N) is 2. The Morgan fingerprint density at radius 1 is 1.00 bits per heavy atom. The molecule has 1 aromatic rings. The van der Waals surface area contributed by atoms with Crippen LogP contribution in [0.1, 0.15) is 62.3 Å². The van der Waals surface area contributed by atoms with Gasteiger partial charge in [-0.05, 0) is 51.3 Å². The first kappa shape index (κ1) is 13.5. The normalized spacial score (nSPS) is 18.1. The fraction of sp³-hybridized carbons (Fsp3) is 0.733. The highest BCUT2D eigenvalue weighted by molar-refractivity contribution is 5.30. The van der Waals surface area contributed by atoms with E-state index in [1.54, 1.807) is 0 Å². The Labute approximate surface area is 110 Å². The van der Waals surface area contributed by atoms with Gasteiger partial charge in [-0.3, -0.25) is 0 Å². The number of rotatable bonds is 1. The standard InChI is InChI=1S/C15H25N3/c1-10-13(12-6-8-16-9-7-12)11(2)18-14(17-10)15(3,4)5/h12,16H,6-9H2,1-5H3. The molecule has 3 nitrogen and oxygen atoms in total. The first-order valence-corrected chi connectivity index (χ1v) is 6.96. The van der Waals surface area contributed by atoms with E-state index < -0.39 is 0 Å². The van der Waals surface area contributed by atoms with Crippen molar-refractivity contribution in [1.29, 1.82) is 0 Å². The predicted molar refractivity (Wildman–Crippen MR) is 75.1 cm³/mol. The van der Waals surface area contributed by atoms with Gasteiger partial charge in [0.05, 0.1) is 0 Å². The summed E-state index contributed by atoms with van der Waals surface area (Å²) in [5.74, 6) is 1.61. The molecule has 1 saturated heterocycles. The van der Waals surface area contributed by atoms with Gasteiger partial charge in [-0.2, -0.15) is 0 Å². The molecule has 1 aliphatic heterocycles. The third-order valence-electron chi connectivity index (χ3n) is 3.75. The Bertz CT molecular complexity index is 403. The second-order valence-electron chi connectivity index (χ2n) is 6.41. The highest BCUT2D eigenvalue weighted by atomic mass is 14.9. The summed E-state index contributed by atoms with van der Waals surface area (Å²) in [5, 5.41) is 3.42. The van der Waals surface area contributed by atoms with Crippen LogP contribution < -0.4 is 5.32 Å². The molecule has 0 aromatic carbocycles. The minimum atomic E-state index is 0.0299. The zero-order valence-corrected chi connectivity index (χ0v) is 12.3. The van der Waals surface area contributed by atoms with Gasteiger partial charge >= 0.3 is 0 Å². The molecule has 2 heterocycles. The van der Waals surface area contributed by atoms with Crippen molar-refractivity contribution in [3.8, 4) is 0 Å². The van der Waals surface area contributed by atoms with E-state index >= 15 is 0 Å². The third-order valence-corrected chi connectivity index (χ3v) is 3.75. The van der Waals surface area contributed by atoms with Crippen molar-refractivity contribution in [2.24, 2.45) is 0 Å². The van der Waals surface area contributed by atoms with E-state index in [0.717, 1.165) is 18.9 Å². The predicted octanol–water partition coefficient (Wildman–Crippen LogP) is 2.86. The molecule has 1 fully saturated rings. The van der Waals surface area contributed by atoms with Crippen molar-refractivity contribution < 1.29 is 0 Å². The Kier molecular flexibility index (Phi) is 3.71. The van der Waals surface area contributed by atoms with E-state index in [9.17, 15) is 0 Å². The zero-order chi connectivity index (χ0) is 13.3. The van der Waals surface area contributed by atoms with Crippen molar-refractivity contribution >= 4 is 0 Å². The van der Waals surface area contributed by atoms with Crippen molar-refractivity contribution in [1.82, 2.24) is 15.3 Å². The molecule has 2 rings (SSSR count). The molecular formula is C15H25N3. The van der Waals surface area contributed by atoms with Gasteiger partial charge in [0.15, 0.2) is 0 Å². The van der Waals surface area contributed by atoms with Crippen molar-refractivity contribution in [3.63, 3.8) is 0 Å². The Balaban J connectivity index is 2.37. The van der Waals surface area contributed by atoms with Gasteiger partial charge in [0.2, 0.25) is 0 Å². The summed E-state index contributed by atoms with van der Waals surface area (Å²) >= 11 is 0. The highest BCUT2D eigenvalue weighted by Crippen LogP contribution is 2.30. The second kappa shape index (κ2) is 4.96. The summed E-state index contributed by atoms with van der Waals surface area (Å²) in [5.41, 5.74) is 3.78. The SMILES string of the molecule is Cc1nc(C(C)(C)C)nc(C)c1C1CCNCC1. The lowest BCUT2D eigenvalue weighted by Crippen LogP contribution is -2.28. The van der Waals surface area contributed by atoms with E-state index in [2.05, 4.69) is 39.9 Å². The lowest BCUT2D eigenvalue weighted by molar-refractivity contribution is 0.452. The van der Waals surface area contributed by atoms with Crippen LogP contribution in [0.2, 0.25) is 0 Å². The second-order valence-corrected chi connectivity index (χ2v) is 6.41. The summed E-state index contributed by atoms with van der Waals surface area (Å²) in [7, 11) is 0.